The standard InChI is InChI=1S/C16H21FN2O2/c1-12-11-21-15(10-20)9-19(12)8-13-4-5-16(17)14(7-13)3-2-6-18/h4-5,7,12,15,20H,6,8-11,18H2,1H3. The minimum absolute atomic E-state index is 0.0138. The van der Waals surface area contributed by atoms with Crippen molar-refractivity contribution in [1.82, 2.24) is 4.90 Å². The van der Waals surface area contributed by atoms with Gasteiger partial charge < -0.3 is 15.6 Å². The van der Waals surface area contributed by atoms with Crippen molar-refractivity contribution in [3.8, 4) is 11.8 Å². The third kappa shape index (κ3) is 4.26. The number of benzene rings is 1. The highest BCUT2D eigenvalue weighted by atomic mass is 19.1. The zero-order valence-electron chi connectivity index (χ0n) is 12.2. The summed E-state index contributed by atoms with van der Waals surface area (Å²) in [5, 5.41) is 9.21. The van der Waals surface area contributed by atoms with Gasteiger partial charge in [-0.15, -0.1) is 0 Å². The fourth-order valence-electron chi connectivity index (χ4n) is 2.35. The first-order valence-electron chi connectivity index (χ1n) is 7.08. The van der Waals surface area contributed by atoms with Gasteiger partial charge in [0.25, 0.3) is 0 Å². The Hall–Kier alpha value is -1.45. The molecule has 1 aliphatic heterocycles. The molecule has 0 amide bonds. The summed E-state index contributed by atoms with van der Waals surface area (Å²) in [6.45, 7) is 4.23. The molecule has 1 heterocycles. The number of nitrogens with two attached hydrogens (primary N) is 1. The van der Waals surface area contributed by atoms with E-state index in [1.54, 1.807) is 12.1 Å². The van der Waals surface area contributed by atoms with Crippen molar-refractivity contribution in [3.05, 3.63) is 35.1 Å². The van der Waals surface area contributed by atoms with Crippen LogP contribution in [0.15, 0.2) is 18.2 Å². The molecule has 1 fully saturated rings. The third-order valence-electron chi connectivity index (χ3n) is 3.58. The fourth-order valence-corrected chi connectivity index (χ4v) is 2.35. The summed E-state index contributed by atoms with van der Waals surface area (Å²) in [4.78, 5) is 2.22. The molecule has 1 aromatic carbocycles. The molecule has 1 saturated heterocycles. The van der Waals surface area contributed by atoms with Crippen molar-refractivity contribution in [2.45, 2.75) is 25.6 Å². The number of morpholine rings is 1. The van der Waals surface area contributed by atoms with E-state index in [1.165, 1.54) is 6.07 Å². The molecule has 0 aromatic heterocycles. The first-order chi connectivity index (χ1) is 10.1. The summed E-state index contributed by atoms with van der Waals surface area (Å²) in [6.07, 6.45) is -0.154. The van der Waals surface area contributed by atoms with E-state index < -0.39 is 0 Å². The van der Waals surface area contributed by atoms with Crippen molar-refractivity contribution in [2.75, 3.05) is 26.3 Å². The van der Waals surface area contributed by atoms with Gasteiger partial charge in [0.1, 0.15) is 5.82 Å². The molecule has 2 unspecified atom stereocenters. The largest absolute Gasteiger partial charge is 0.394 e. The molecular formula is C16H21FN2O2. The number of halogens is 1. The second kappa shape index (κ2) is 7.53. The zero-order chi connectivity index (χ0) is 15.2. The number of hydrogen-bond acceptors (Lipinski definition) is 4. The fraction of sp³-hybridized carbons (Fsp3) is 0.500. The smallest absolute Gasteiger partial charge is 0.138 e. The average Bonchev–Trinajstić information content (AvgIpc) is 2.50. The van der Waals surface area contributed by atoms with Crippen molar-refractivity contribution in [2.24, 2.45) is 5.73 Å². The van der Waals surface area contributed by atoms with Crippen LogP contribution in [0.25, 0.3) is 0 Å². The van der Waals surface area contributed by atoms with Crippen LogP contribution in [0.1, 0.15) is 18.1 Å². The number of nitrogens with zero attached hydrogens (tertiary/aromatic N) is 1. The molecule has 5 heteroatoms. The molecule has 2 rings (SSSR count). The first kappa shape index (κ1) is 15.9. The van der Waals surface area contributed by atoms with E-state index in [0.717, 1.165) is 5.56 Å². The SMILES string of the molecule is CC1COC(CO)CN1Cc1ccc(F)c(C#CCN)c1. The van der Waals surface area contributed by atoms with Gasteiger partial charge in [0.2, 0.25) is 0 Å². The van der Waals surface area contributed by atoms with E-state index in [1.807, 2.05) is 0 Å². The molecule has 4 nitrogen and oxygen atoms in total. The Morgan fingerprint density at radius 1 is 1.52 bits per heavy atom. The highest BCUT2D eigenvalue weighted by Gasteiger charge is 2.25. The summed E-state index contributed by atoms with van der Waals surface area (Å²) >= 11 is 0. The van der Waals surface area contributed by atoms with Gasteiger partial charge in [-0.3, -0.25) is 4.90 Å². The Labute approximate surface area is 124 Å². The summed E-state index contributed by atoms with van der Waals surface area (Å²) in [5.74, 6) is 5.09. The molecule has 114 valence electrons. The van der Waals surface area contributed by atoms with Crippen LogP contribution in [-0.4, -0.2) is 48.5 Å². The molecule has 0 saturated carbocycles. The van der Waals surface area contributed by atoms with E-state index in [-0.39, 0.29) is 31.1 Å². The van der Waals surface area contributed by atoms with Crippen molar-refractivity contribution >= 4 is 0 Å². The summed E-state index contributed by atoms with van der Waals surface area (Å²) < 4.78 is 19.2. The van der Waals surface area contributed by atoms with Gasteiger partial charge in [-0.1, -0.05) is 17.9 Å². The van der Waals surface area contributed by atoms with Crippen LogP contribution in [0.4, 0.5) is 4.39 Å². The van der Waals surface area contributed by atoms with Crippen LogP contribution in [0, 0.1) is 17.7 Å². The Bertz CT molecular complexity index is 539. The van der Waals surface area contributed by atoms with E-state index in [9.17, 15) is 9.50 Å². The highest BCUT2D eigenvalue weighted by molar-refractivity contribution is 5.38. The Kier molecular flexibility index (Phi) is 5.71. The van der Waals surface area contributed by atoms with Crippen LogP contribution in [0.2, 0.25) is 0 Å². The lowest BCUT2D eigenvalue weighted by Crippen LogP contribution is -2.48. The number of ether oxygens (including phenoxy) is 1. The minimum Gasteiger partial charge on any atom is -0.394 e. The number of aliphatic hydroxyl groups is 1. The maximum absolute atomic E-state index is 13.7. The Balaban J connectivity index is 2.11. The topological polar surface area (TPSA) is 58.7 Å². The number of aliphatic hydroxyl groups excluding tert-OH is 1. The summed E-state index contributed by atoms with van der Waals surface area (Å²) in [5.41, 5.74) is 6.68. The number of hydrogen-bond donors (Lipinski definition) is 2. The average molecular weight is 292 g/mol. The van der Waals surface area contributed by atoms with Gasteiger partial charge in [-0.25, -0.2) is 4.39 Å². The molecule has 0 aliphatic carbocycles. The molecule has 21 heavy (non-hydrogen) atoms. The van der Waals surface area contributed by atoms with Crippen LogP contribution < -0.4 is 5.73 Å². The molecular weight excluding hydrogens is 271 g/mol. The van der Waals surface area contributed by atoms with Gasteiger partial charge in [-0.05, 0) is 24.6 Å². The molecule has 0 bridgehead atoms. The second-order valence-electron chi connectivity index (χ2n) is 5.24. The number of rotatable bonds is 3. The van der Waals surface area contributed by atoms with E-state index >= 15 is 0 Å². The summed E-state index contributed by atoms with van der Waals surface area (Å²) in [7, 11) is 0. The molecule has 0 spiro atoms. The molecule has 1 aromatic rings. The zero-order valence-corrected chi connectivity index (χ0v) is 12.2. The van der Waals surface area contributed by atoms with Gasteiger partial charge in [0.15, 0.2) is 0 Å². The van der Waals surface area contributed by atoms with Crippen LogP contribution in [0.5, 0.6) is 0 Å². The van der Waals surface area contributed by atoms with Crippen LogP contribution in [-0.2, 0) is 11.3 Å². The van der Waals surface area contributed by atoms with Gasteiger partial charge in [0, 0.05) is 19.1 Å². The second-order valence-corrected chi connectivity index (χ2v) is 5.24. The van der Waals surface area contributed by atoms with Crippen molar-refractivity contribution < 1.29 is 14.2 Å². The Morgan fingerprint density at radius 2 is 2.33 bits per heavy atom. The minimum atomic E-state index is -0.331. The summed E-state index contributed by atoms with van der Waals surface area (Å²) in [6, 6.07) is 5.22. The maximum atomic E-state index is 13.7. The van der Waals surface area contributed by atoms with E-state index in [2.05, 4.69) is 23.7 Å². The quantitative estimate of drug-likeness (QED) is 0.806. The monoisotopic (exact) mass is 292 g/mol. The predicted molar refractivity (Wildman–Crippen MR) is 79.0 cm³/mol. The Morgan fingerprint density at radius 3 is 3.05 bits per heavy atom. The van der Waals surface area contributed by atoms with Gasteiger partial charge >= 0.3 is 0 Å². The lowest BCUT2D eigenvalue weighted by molar-refractivity contribution is -0.0805. The molecule has 0 radical (unpaired) electrons. The lowest BCUT2D eigenvalue weighted by atomic mass is 10.1. The van der Waals surface area contributed by atoms with Gasteiger partial charge in [0.05, 0.1) is 31.4 Å². The van der Waals surface area contributed by atoms with E-state index in [0.29, 0.717) is 25.3 Å². The molecule has 2 atom stereocenters. The van der Waals surface area contributed by atoms with Gasteiger partial charge in [-0.2, -0.15) is 0 Å². The van der Waals surface area contributed by atoms with Crippen molar-refractivity contribution in [1.29, 1.82) is 0 Å². The lowest BCUT2D eigenvalue weighted by Gasteiger charge is -2.37. The third-order valence-corrected chi connectivity index (χ3v) is 3.58. The van der Waals surface area contributed by atoms with Crippen LogP contribution >= 0.6 is 0 Å². The van der Waals surface area contributed by atoms with Crippen LogP contribution in [0.3, 0.4) is 0 Å². The molecule has 3 N–H and O–H groups in total. The maximum Gasteiger partial charge on any atom is 0.138 e. The normalized spacial score (nSPS) is 22.7. The first-order valence-corrected chi connectivity index (χ1v) is 7.08. The highest BCUT2D eigenvalue weighted by Crippen LogP contribution is 2.17. The predicted octanol–water partition coefficient (Wildman–Crippen LogP) is 0.717. The van der Waals surface area contributed by atoms with Crippen molar-refractivity contribution in [3.63, 3.8) is 0 Å². The van der Waals surface area contributed by atoms with E-state index in [4.69, 9.17) is 10.5 Å². The molecule has 1 aliphatic rings.